The highest BCUT2D eigenvalue weighted by atomic mass is 16.2. The number of nitrogens with one attached hydrogen (secondary N) is 1. The molecular weight excluding hydrogens is 294 g/mol. The van der Waals surface area contributed by atoms with Crippen LogP contribution in [0, 0.1) is 5.92 Å². The predicted molar refractivity (Wildman–Crippen MR) is 84.7 cm³/mol. The quantitative estimate of drug-likeness (QED) is 0.858. The number of likely N-dealkylation sites (N-methyl/N-ethyl adjacent to an activating group) is 1. The van der Waals surface area contributed by atoms with Gasteiger partial charge in [0.05, 0.1) is 12.2 Å². The van der Waals surface area contributed by atoms with Crippen LogP contribution in [0.2, 0.25) is 0 Å². The van der Waals surface area contributed by atoms with E-state index in [-0.39, 0.29) is 29.9 Å². The van der Waals surface area contributed by atoms with Crippen LogP contribution in [-0.2, 0) is 4.79 Å². The van der Waals surface area contributed by atoms with Gasteiger partial charge in [0, 0.05) is 44.6 Å². The van der Waals surface area contributed by atoms with Crippen molar-refractivity contribution in [1.82, 2.24) is 25.1 Å². The molecule has 0 spiro atoms. The average Bonchev–Trinajstić information content (AvgIpc) is 3.11. The summed E-state index contributed by atoms with van der Waals surface area (Å²) >= 11 is 0. The number of rotatable bonds is 3. The second kappa shape index (κ2) is 6.23. The molecule has 7 heteroatoms. The van der Waals surface area contributed by atoms with Crippen molar-refractivity contribution in [3.05, 3.63) is 24.3 Å². The third-order valence-electron chi connectivity index (χ3n) is 4.89. The summed E-state index contributed by atoms with van der Waals surface area (Å²) in [7, 11) is 1.68. The van der Waals surface area contributed by atoms with Crippen LogP contribution in [0.5, 0.6) is 0 Å². The molecule has 2 unspecified atom stereocenters. The van der Waals surface area contributed by atoms with Crippen molar-refractivity contribution in [3.63, 3.8) is 0 Å². The van der Waals surface area contributed by atoms with E-state index in [1.165, 1.54) is 12.4 Å². The van der Waals surface area contributed by atoms with Crippen molar-refractivity contribution < 1.29 is 9.59 Å². The van der Waals surface area contributed by atoms with E-state index in [0.717, 1.165) is 6.42 Å². The summed E-state index contributed by atoms with van der Waals surface area (Å²) in [6, 6.07) is 0.403. The monoisotopic (exact) mass is 317 g/mol. The average molecular weight is 317 g/mol. The maximum Gasteiger partial charge on any atom is 0.274 e. The van der Waals surface area contributed by atoms with Gasteiger partial charge in [0.15, 0.2) is 0 Å². The summed E-state index contributed by atoms with van der Waals surface area (Å²) in [6.07, 6.45) is 5.40. The number of nitrogens with zero attached hydrogens (tertiary/aromatic N) is 4. The van der Waals surface area contributed by atoms with Gasteiger partial charge in [-0.25, -0.2) is 4.98 Å². The first-order valence-electron chi connectivity index (χ1n) is 8.07. The number of fused-ring (bicyclic) bond motifs is 1. The Morgan fingerprint density at radius 3 is 2.70 bits per heavy atom. The molecule has 1 aromatic heterocycles. The number of hydrogen-bond acceptors (Lipinski definition) is 5. The Bertz CT molecular complexity index is 591. The molecule has 3 rings (SSSR count). The molecule has 0 bridgehead atoms. The van der Waals surface area contributed by atoms with Gasteiger partial charge in [-0.2, -0.15) is 0 Å². The molecule has 23 heavy (non-hydrogen) atoms. The van der Waals surface area contributed by atoms with E-state index >= 15 is 0 Å². The van der Waals surface area contributed by atoms with E-state index in [4.69, 9.17) is 0 Å². The lowest BCUT2D eigenvalue weighted by Crippen LogP contribution is -2.50. The number of amides is 2. The summed E-state index contributed by atoms with van der Waals surface area (Å²) in [5.74, 6) is 0.327. The lowest BCUT2D eigenvalue weighted by molar-refractivity contribution is -0.126. The number of carbonyl (C=O) groups is 2. The molecule has 0 aliphatic carbocycles. The van der Waals surface area contributed by atoms with Crippen molar-refractivity contribution in [2.75, 3.05) is 20.1 Å². The Morgan fingerprint density at radius 2 is 2.09 bits per heavy atom. The number of likely N-dealkylation sites (tertiary alicyclic amines) is 2. The van der Waals surface area contributed by atoms with Crippen molar-refractivity contribution in [2.24, 2.45) is 5.92 Å². The molecule has 2 aliphatic heterocycles. The topological polar surface area (TPSA) is 78.4 Å². The zero-order chi connectivity index (χ0) is 16.6. The largest absolute Gasteiger partial charge is 0.358 e. The Balaban J connectivity index is 1.75. The number of carbonyl (C=O) groups excluding carboxylic acids is 2. The minimum absolute atomic E-state index is 0.0694. The van der Waals surface area contributed by atoms with Crippen LogP contribution in [0.3, 0.4) is 0 Å². The van der Waals surface area contributed by atoms with Crippen molar-refractivity contribution in [2.45, 2.75) is 38.4 Å². The molecule has 2 fully saturated rings. The van der Waals surface area contributed by atoms with Crippen molar-refractivity contribution in [3.8, 4) is 0 Å². The van der Waals surface area contributed by atoms with Crippen LogP contribution < -0.4 is 5.32 Å². The molecule has 1 N–H and O–H groups in total. The maximum absolute atomic E-state index is 12.6. The van der Waals surface area contributed by atoms with Gasteiger partial charge in [0.2, 0.25) is 5.91 Å². The van der Waals surface area contributed by atoms with Crippen LogP contribution in [0.4, 0.5) is 0 Å². The van der Waals surface area contributed by atoms with Gasteiger partial charge in [0.1, 0.15) is 5.69 Å². The molecule has 2 amide bonds. The third kappa shape index (κ3) is 2.81. The van der Waals surface area contributed by atoms with E-state index in [0.29, 0.717) is 24.7 Å². The first-order valence-corrected chi connectivity index (χ1v) is 8.07. The van der Waals surface area contributed by atoms with Gasteiger partial charge in [0.25, 0.3) is 5.91 Å². The van der Waals surface area contributed by atoms with Gasteiger partial charge in [-0.15, -0.1) is 0 Å². The Kier molecular flexibility index (Phi) is 4.30. The Labute approximate surface area is 136 Å². The minimum atomic E-state index is -0.0937. The maximum atomic E-state index is 12.6. The first kappa shape index (κ1) is 15.9. The highest BCUT2D eigenvalue weighted by molar-refractivity contribution is 5.92. The normalized spacial score (nSPS) is 27.3. The molecule has 3 atom stereocenters. The van der Waals surface area contributed by atoms with Crippen molar-refractivity contribution >= 4 is 11.8 Å². The van der Waals surface area contributed by atoms with Crippen molar-refractivity contribution in [1.29, 1.82) is 0 Å². The second-order valence-electron chi connectivity index (χ2n) is 6.53. The Morgan fingerprint density at radius 1 is 1.30 bits per heavy atom. The van der Waals surface area contributed by atoms with E-state index in [1.54, 1.807) is 13.2 Å². The standard InChI is InChI=1S/C16H23N5O2/c1-10(2)21-13(15(22)17-3)6-11-8-20(9-14(11)21)16(23)12-7-18-4-5-19-12/h4-5,7,10-11,13-14H,6,8-9H2,1-3H3,(H,17,22)/t11?,13-,14?/m1/s1. The first-order chi connectivity index (χ1) is 11.0. The summed E-state index contributed by atoms with van der Waals surface area (Å²) < 4.78 is 0. The van der Waals surface area contributed by atoms with Gasteiger partial charge >= 0.3 is 0 Å². The summed E-state index contributed by atoms with van der Waals surface area (Å²) in [5, 5.41) is 2.76. The Hall–Kier alpha value is -2.02. The summed E-state index contributed by atoms with van der Waals surface area (Å²) in [6.45, 7) is 5.53. The van der Waals surface area contributed by atoms with Gasteiger partial charge in [-0.1, -0.05) is 0 Å². The fraction of sp³-hybridized carbons (Fsp3) is 0.625. The van der Waals surface area contributed by atoms with E-state index in [1.807, 2.05) is 4.90 Å². The molecule has 124 valence electrons. The molecule has 0 radical (unpaired) electrons. The summed E-state index contributed by atoms with van der Waals surface area (Å²) in [5.41, 5.74) is 0.381. The van der Waals surface area contributed by atoms with Crippen LogP contribution >= 0.6 is 0 Å². The van der Waals surface area contributed by atoms with Gasteiger partial charge < -0.3 is 10.2 Å². The SMILES string of the molecule is CNC(=O)[C@H]1CC2CN(C(=O)c3cnccn3)CC2N1C(C)C. The molecule has 0 saturated carbocycles. The lowest BCUT2D eigenvalue weighted by atomic mass is 10.0. The smallest absolute Gasteiger partial charge is 0.274 e. The molecule has 1 aromatic rings. The van der Waals surface area contributed by atoms with E-state index in [9.17, 15) is 9.59 Å². The van der Waals surface area contributed by atoms with Gasteiger partial charge in [-0.3, -0.25) is 19.5 Å². The number of aromatic nitrogens is 2. The van der Waals surface area contributed by atoms with Gasteiger partial charge in [-0.05, 0) is 26.2 Å². The lowest BCUT2D eigenvalue weighted by Gasteiger charge is -2.33. The highest BCUT2D eigenvalue weighted by Gasteiger charge is 2.50. The van der Waals surface area contributed by atoms with Crippen LogP contribution in [-0.4, -0.2) is 69.8 Å². The molecule has 2 saturated heterocycles. The molecule has 2 aliphatic rings. The fourth-order valence-electron chi connectivity index (χ4n) is 3.95. The zero-order valence-electron chi connectivity index (χ0n) is 13.8. The van der Waals surface area contributed by atoms with E-state index < -0.39 is 0 Å². The van der Waals surface area contributed by atoms with Crippen LogP contribution in [0.1, 0.15) is 30.8 Å². The minimum Gasteiger partial charge on any atom is -0.358 e. The summed E-state index contributed by atoms with van der Waals surface area (Å²) in [4.78, 5) is 36.9. The van der Waals surface area contributed by atoms with E-state index in [2.05, 4.69) is 34.0 Å². The molecule has 3 heterocycles. The third-order valence-corrected chi connectivity index (χ3v) is 4.89. The predicted octanol–water partition coefficient (Wildman–Crippen LogP) is 0.146. The second-order valence-corrected chi connectivity index (χ2v) is 6.53. The molecule has 0 aromatic carbocycles. The van der Waals surface area contributed by atoms with Crippen LogP contribution in [0.15, 0.2) is 18.6 Å². The van der Waals surface area contributed by atoms with Crippen LogP contribution in [0.25, 0.3) is 0 Å². The fourth-order valence-corrected chi connectivity index (χ4v) is 3.95. The molecule has 7 nitrogen and oxygen atoms in total. The highest BCUT2D eigenvalue weighted by Crippen LogP contribution is 2.37. The zero-order valence-corrected chi connectivity index (χ0v) is 13.8. The number of hydrogen-bond donors (Lipinski definition) is 1. The molecular formula is C16H23N5O2.